The van der Waals surface area contributed by atoms with Gasteiger partial charge in [-0.05, 0) is 42.8 Å². The fourth-order valence-electron chi connectivity index (χ4n) is 4.05. The highest BCUT2D eigenvalue weighted by molar-refractivity contribution is 5.95. The Morgan fingerprint density at radius 1 is 1.07 bits per heavy atom. The van der Waals surface area contributed by atoms with Crippen LogP contribution in [0.2, 0.25) is 0 Å². The summed E-state index contributed by atoms with van der Waals surface area (Å²) in [6, 6.07) is 14.5. The molecule has 4 nitrogen and oxygen atoms in total. The molecule has 1 aliphatic heterocycles. The van der Waals surface area contributed by atoms with E-state index in [9.17, 15) is 18.0 Å². The molecule has 0 unspecified atom stereocenters. The summed E-state index contributed by atoms with van der Waals surface area (Å²) < 4.78 is 47.7. The van der Waals surface area contributed by atoms with E-state index in [1.54, 1.807) is 12.0 Å². The van der Waals surface area contributed by atoms with Crippen LogP contribution in [-0.2, 0) is 12.7 Å². The molecule has 0 saturated carbocycles. The molecule has 0 aliphatic carbocycles. The zero-order valence-corrected chi connectivity index (χ0v) is 16.6. The van der Waals surface area contributed by atoms with Crippen LogP contribution in [0.25, 0.3) is 0 Å². The van der Waals surface area contributed by atoms with Crippen molar-refractivity contribution >= 4 is 5.91 Å². The van der Waals surface area contributed by atoms with Gasteiger partial charge in [0.2, 0.25) is 0 Å². The second-order valence-corrected chi connectivity index (χ2v) is 7.30. The normalized spacial score (nSPS) is 16.3. The van der Waals surface area contributed by atoms with Crippen molar-refractivity contribution in [1.82, 2.24) is 9.47 Å². The first-order valence-electron chi connectivity index (χ1n) is 9.58. The minimum atomic E-state index is -4.51. The number of alkyl halides is 3. The maximum absolute atomic E-state index is 13.4. The standard InChI is InChI=1S/C23H21F3N2O2/c1-15-9-10-16(14-18(15)23(24,25)26)22(29)28-13-12-27-11-5-7-19(27)21(28)17-6-3-4-8-20(17)30-2/h3-11,14,21H,12-13H2,1-2H3/t21-/m0/s1. The summed E-state index contributed by atoms with van der Waals surface area (Å²) in [6.07, 6.45) is -2.58. The Bertz CT molecular complexity index is 1090. The van der Waals surface area contributed by atoms with Crippen molar-refractivity contribution in [2.45, 2.75) is 25.7 Å². The average Bonchev–Trinajstić information content (AvgIpc) is 3.21. The topological polar surface area (TPSA) is 34.5 Å². The van der Waals surface area contributed by atoms with Gasteiger partial charge in [0.15, 0.2) is 0 Å². The van der Waals surface area contributed by atoms with Crippen LogP contribution in [0.1, 0.15) is 38.8 Å². The minimum absolute atomic E-state index is 0.0211. The third kappa shape index (κ3) is 3.44. The van der Waals surface area contributed by atoms with E-state index in [4.69, 9.17) is 4.74 Å². The van der Waals surface area contributed by atoms with E-state index in [2.05, 4.69) is 4.57 Å². The summed E-state index contributed by atoms with van der Waals surface area (Å²) in [5.41, 5.74) is 1.00. The number of nitrogens with zero attached hydrogens (tertiary/aromatic N) is 2. The molecular formula is C23H21F3N2O2. The molecule has 3 aromatic rings. The van der Waals surface area contributed by atoms with Gasteiger partial charge in [-0.1, -0.05) is 24.3 Å². The quantitative estimate of drug-likeness (QED) is 0.600. The molecular weight excluding hydrogens is 393 g/mol. The smallest absolute Gasteiger partial charge is 0.416 e. The molecule has 0 fully saturated rings. The Hall–Kier alpha value is -3.22. The van der Waals surface area contributed by atoms with Gasteiger partial charge in [0, 0.05) is 36.1 Å². The fourth-order valence-corrected chi connectivity index (χ4v) is 4.05. The summed E-state index contributed by atoms with van der Waals surface area (Å²) in [7, 11) is 1.56. The highest BCUT2D eigenvalue weighted by Gasteiger charge is 2.36. The van der Waals surface area contributed by atoms with E-state index in [0.717, 1.165) is 17.3 Å². The number of methoxy groups -OCH3 is 1. The number of amides is 1. The molecule has 7 heteroatoms. The molecule has 156 valence electrons. The molecule has 30 heavy (non-hydrogen) atoms. The van der Waals surface area contributed by atoms with Gasteiger partial charge in [-0.2, -0.15) is 13.2 Å². The van der Waals surface area contributed by atoms with Gasteiger partial charge in [-0.3, -0.25) is 4.79 Å². The van der Waals surface area contributed by atoms with E-state index < -0.39 is 23.7 Å². The largest absolute Gasteiger partial charge is 0.496 e. The number of hydrogen-bond acceptors (Lipinski definition) is 2. The Balaban J connectivity index is 1.80. The molecule has 2 aromatic carbocycles. The molecule has 0 radical (unpaired) electrons. The molecule has 1 atom stereocenters. The number of ether oxygens (including phenoxy) is 1. The van der Waals surface area contributed by atoms with Crippen LogP contribution < -0.4 is 4.74 Å². The molecule has 1 aliphatic rings. The minimum Gasteiger partial charge on any atom is -0.496 e. The first-order chi connectivity index (χ1) is 14.3. The molecule has 2 heterocycles. The number of aromatic nitrogens is 1. The van der Waals surface area contributed by atoms with Gasteiger partial charge < -0.3 is 14.2 Å². The van der Waals surface area contributed by atoms with Crippen molar-refractivity contribution in [1.29, 1.82) is 0 Å². The molecule has 1 aromatic heterocycles. The number of para-hydroxylation sites is 1. The number of hydrogen-bond donors (Lipinski definition) is 0. The lowest BCUT2D eigenvalue weighted by Crippen LogP contribution is -2.42. The molecule has 0 bridgehead atoms. The van der Waals surface area contributed by atoms with Crippen molar-refractivity contribution < 1.29 is 22.7 Å². The van der Waals surface area contributed by atoms with Crippen LogP contribution in [0.5, 0.6) is 5.75 Å². The van der Waals surface area contributed by atoms with E-state index in [1.807, 2.05) is 42.6 Å². The maximum atomic E-state index is 13.4. The summed E-state index contributed by atoms with van der Waals surface area (Å²) in [4.78, 5) is 15.0. The average molecular weight is 414 g/mol. The van der Waals surface area contributed by atoms with Crippen molar-refractivity contribution in [3.05, 3.63) is 88.7 Å². The highest BCUT2D eigenvalue weighted by atomic mass is 19.4. The second-order valence-electron chi connectivity index (χ2n) is 7.30. The lowest BCUT2D eigenvalue weighted by molar-refractivity contribution is -0.138. The number of aryl methyl sites for hydroxylation is 1. The Morgan fingerprint density at radius 3 is 2.57 bits per heavy atom. The predicted octanol–water partition coefficient (Wildman–Crippen LogP) is 5.07. The lowest BCUT2D eigenvalue weighted by atomic mass is 9.97. The van der Waals surface area contributed by atoms with Crippen LogP contribution in [0.4, 0.5) is 13.2 Å². The van der Waals surface area contributed by atoms with E-state index >= 15 is 0 Å². The Kier molecular flexibility index (Phi) is 5.05. The van der Waals surface area contributed by atoms with Crippen LogP contribution >= 0.6 is 0 Å². The van der Waals surface area contributed by atoms with Gasteiger partial charge in [0.25, 0.3) is 5.91 Å². The van der Waals surface area contributed by atoms with Crippen LogP contribution in [0.3, 0.4) is 0 Å². The molecule has 1 amide bonds. The number of rotatable bonds is 3. The van der Waals surface area contributed by atoms with Gasteiger partial charge in [-0.25, -0.2) is 0 Å². The zero-order chi connectivity index (χ0) is 21.5. The zero-order valence-electron chi connectivity index (χ0n) is 16.6. The van der Waals surface area contributed by atoms with Gasteiger partial charge >= 0.3 is 6.18 Å². The van der Waals surface area contributed by atoms with Crippen molar-refractivity contribution in [3.63, 3.8) is 0 Å². The summed E-state index contributed by atoms with van der Waals surface area (Å²) in [5, 5.41) is 0. The van der Waals surface area contributed by atoms with E-state index in [-0.39, 0.29) is 11.1 Å². The first kappa shape index (κ1) is 20.1. The summed E-state index contributed by atoms with van der Waals surface area (Å²) in [5.74, 6) is 0.179. The van der Waals surface area contributed by atoms with Gasteiger partial charge in [0.1, 0.15) is 11.8 Å². The third-order valence-electron chi connectivity index (χ3n) is 5.52. The predicted molar refractivity (Wildman–Crippen MR) is 106 cm³/mol. The molecule has 0 saturated heterocycles. The van der Waals surface area contributed by atoms with Gasteiger partial charge in [-0.15, -0.1) is 0 Å². The third-order valence-corrected chi connectivity index (χ3v) is 5.52. The Morgan fingerprint density at radius 2 is 1.83 bits per heavy atom. The fraction of sp³-hybridized carbons (Fsp3) is 0.261. The van der Waals surface area contributed by atoms with Crippen molar-refractivity contribution in [2.24, 2.45) is 0 Å². The second kappa shape index (κ2) is 7.55. The van der Waals surface area contributed by atoms with Crippen LogP contribution in [0.15, 0.2) is 60.8 Å². The van der Waals surface area contributed by atoms with Crippen LogP contribution in [0, 0.1) is 6.92 Å². The summed E-state index contributed by atoms with van der Waals surface area (Å²) in [6.45, 7) is 2.33. The Labute approximate surface area is 172 Å². The molecule has 0 N–H and O–H groups in total. The molecule has 0 spiro atoms. The lowest BCUT2D eigenvalue weighted by Gasteiger charge is -2.38. The number of benzene rings is 2. The first-order valence-corrected chi connectivity index (χ1v) is 9.58. The summed E-state index contributed by atoms with van der Waals surface area (Å²) >= 11 is 0. The number of carbonyl (C=O) groups excluding carboxylic acids is 1. The van der Waals surface area contributed by atoms with E-state index in [1.165, 1.54) is 19.1 Å². The van der Waals surface area contributed by atoms with Gasteiger partial charge in [0.05, 0.1) is 12.7 Å². The molecule has 4 rings (SSSR count). The SMILES string of the molecule is COc1ccccc1[C@H]1c2cccn2CCN1C(=O)c1ccc(C)c(C(F)(F)F)c1. The number of carbonyl (C=O) groups is 1. The van der Waals surface area contributed by atoms with E-state index in [0.29, 0.717) is 18.8 Å². The monoisotopic (exact) mass is 414 g/mol. The van der Waals surface area contributed by atoms with Crippen LogP contribution in [-0.4, -0.2) is 29.0 Å². The highest BCUT2D eigenvalue weighted by Crippen LogP contribution is 2.39. The van der Waals surface area contributed by atoms with Crippen molar-refractivity contribution in [3.8, 4) is 5.75 Å². The number of fused-ring (bicyclic) bond motifs is 1. The number of halogens is 3. The van der Waals surface area contributed by atoms with Crippen molar-refractivity contribution in [2.75, 3.05) is 13.7 Å². The maximum Gasteiger partial charge on any atom is 0.416 e.